The molecule has 0 heterocycles. The summed E-state index contributed by atoms with van der Waals surface area (Å²) in [5, 5.41) is 32.2. The summed E-state index contributed by atoms with van der Waals surface area (Å²) in [5.74, 6) is 0.358. The van der Waals surface area contributed by atoms with Crippen LogP contribution in [0, 0.1) is 29.6 Å². The first-order valence-electron chi connectivity index (χ1n) is 17.3. The average molecular weight is 580 g/mol. The first kappa shape index (κ1) is 38.1. The number of carbonyl (C=O) groups excluding carboxylic acids is 1. The number of rotatable bonds is 23. The van der Waals surface area contributed by atoms with Crippen molar-refractivity contribution in [3.05, 3.63) is 11.6 Å². The standard InChI is InChI=1S/C36H68O5/c1-8-9-10-11-12-13-25-41-34-31(6)30(5)33(37)26-32(34)22-21-28(3)18-14-17-27(2)19-15-23-36(7,40)24-16-20-29(4)35(38)39/h19,28-34,37,40H,8-18,20-26H2,1-7H3,(H,38,39)/p-1/b27-19+. The normalized spacial score (nSPS) is 26.5. The molecule has 1 saturated carbocycles. The van der Waals surface area contributed by atoms with Crippen LogP contribution >= 0.6 is 0 Å². The SMILES string of the molecule is CCCCCCCCOC1C(CCC(C)CCC/C(C)=C/CCC(C)(O)CCCC(C)C(=O)[O-])CC(O)C(C)C1C. The molecule has 5 heteroatoms. The van der Waals surface area contributed by atoms with Crippen molar-refractivity contribution in [2.75, 3.05) is 6.61 Å². The highest BCUT2D eigenvalue weighted by Gasteiger charge is 2.40. The molecule has 0 aromatic heterocycles. The molecule has 0 saturated heterocycles. The molecule has 0 spiro atoms. The number of hydrogen-bond donors (Lipinski definition) is 2. The smallest absolute Gasteiger partial charge is 0.0633 e. The van der Waals surface area contributed by atoms with E-state index in [-0.39, 0.29) is 12.2 Å². The van der Waals surface area contributed by atoms with E-state index < -0.39 is 17.5 Å². The molecule has 0 aromatic rings. The predicted molar refractivity (Wildman–Crippen MR) is 169 cm³/mol. The Morgan fingerprint density at radius 3 is 2.37 bits per heavy atom. The van der Waals surface area contributed by atoms with E-state index in [1.54, 1.807) is 6.92 Å². The third-order valence-corrected chi connectivity index (χ3v) is 10.0. The molecule has 0 radical (unpaired) electrons. The average Bonchev–Trinajstić information content (AvgIpc) is 2.90. The summed E-state index contributed by atoms with van der Waals surface area (Å²) >= 11 is 0. The van der Waals surface area contributed by atoms with Gasteiger partial charge in [0.15, 0.2) is 0 Å². The van der Waals surface area contributed by atoms with Crippen molar-refractivity contribution >= 4 is 5.97 Å². The van der Waals surface area contributed by atoms with Crippen LogP contribution in [0.4, 0.5) is 0 Å². The Labute approximate surface area is 253 Å². The highest BCUT2D eigenvalue weighted by atomic mass is 16.5. The fourth-order valence-corrected chi connectivity index (χ4v) is 6.55. The van der Waals surface area contributed by atoms with E-state index in [2.05, 4.69) is 40.7 Å². The van der Waals surface area contributed by atoms with Crippen molar-refractivity contribution in [1.29, 1.82) is 0 Å². The van der Waals surface area contributed by atoms with Gasteiger partial charge in [0.2, 0.25) is 0 Å². The Morgan fingerprint density at radius 1 is 1.00 bits per heavy atom. The van der Waals surface area contributed by atoms with Crippen LogP contribution in [-0.2, 0) is 9.53 Å². The Morgan fingerprint density at radius 2 is 1.68 bits per heavy atom. The van der Waals surface area contributed by atoms with E-state index in [0.717, 1.165) is 38.7 Å². The largest absolute Gasteiger partial charge is 0.550 e. The quantitative estimate of drug-likeness (QED) is 0.0945. The molecule has 242 valence electrons. The molecule has 0 bridgehead atoms. The van der Waals surface area contributed by atoms with Crippen LogP contribution in [0.15, 0.2) is 11.6 Å². The Hall–Kier alpha value is -0.910. The molecule has 1 aliphatic carbocycles. The number of hydrogen-bond acceptors (Lipinski definition) is 5. The van der Waals surface area contributed by atoms with Crippen molar-refractivity contribution < 1.29 is 24.9 Å². The van der Waals surface area contributed by atoms with E-state index >= 15 is 0 Å². The van der Waals surface area contributed by atoms with Crippen LogP contribution in [0.1, 0.15) is 158 Å². The highest BCUT2D eigenvalue weighted by molar-refractivity contribution is 5.66. The van der Waals surface area contributed by atoms with Crippen molar-refractivity contribution in [3.63, 3.8) is 0 Å². The zero-order valence-corrected chi connectivity index (χ0v) is 28.0. The Kier molecular flexibility index (Phi) is 19.4. The van der Waals surface area contributed by atoms with E-state index in [9.17, 15) is 20.1 Å². The number of carbonyl (C=O) groups is 1. The lowest BCUT2D eigenvalue weighted by Gasteiger charge is -2.43. The van der Waals surface area contributed by atoms with Crippen LogP contribution < -0.4 is 5.11 Å². The monoisotopic (exact) mass is 579 g/mol. The second-order valence-corrected chi connectivity index (χ2v) is 14.2. The molecule has 1 aliphatic rings. The number of aliphatic hydroxyl groups excluding tert-OH is 1. The van der Waals surface area contributed by atoms with Gasteiger partial charge in [-0.25, -0.2) is 0 Å². The van der Waals surface area contributed by atoms with Crippen LogP contribution in [0.3, 0.4) is 0 Å². The molecule has 5 nitrogen and oxygen atoms in total. The second kappa shape index (κ2) is 20.9. The number of aliphatic carboxylic acids is 1. The minimum absolute atomic E-state index is 0.210. The van der Waals surface area contributed by atoms with Crippen LogP contribution in [0.2, 0.25) is 0 Å². The Bertz CT molecular complexity index is 717. The van der Waals surface area contributed by atoms with E-state index in [1.165, 1.54) is 56.9 Å². The minimum atomic E-state index is -1.01. The van der Waals surface area contributed by atoms with Gasteiger partial charge < -0.3 is 24.9 Å². The van der Waals surface area contributed by atoms with E-state index in [0.29, 0.717) is 49.4 Å². The number of allylic oxidation sites excluding steroid dienone is 2. The lowest BCUT2D eigenvalue weighted by Crippen LogP contribution is -2.45. The lowest BCUT2D eigenvalue weighted by atomic mass is 9.70. The number of carboxylic acid groups (broad SMARTS) is 1. The van der Waals surface area contributed by atoms with Crippen molar-refractivity contribution in [1.82, 2.24) is 0 Å². The van der Waals surface area contributed by atoms with Crippen LogP contribution in [0.25, 0.3) is 0 Å². The summed E-state index contributed by atoms with van der Waals surface area (Å²) in [4.78, 5) is 10.9. The van der Waals surface area contributed by atoms with Crippen LogP contribution in [0.5, 0.6) is 0 Å². The first-order chi connectivity index (χ1) is 19.4. The third kappa shape index (κ3) is 16.5. The van der Waals surface area contributed by atoms with Gasteiger partial charge >= 0.3 is 0 Å². The summed E-state index contributed by atoms with van der Waals surface area (Å²) in [6, 6.07) is 0. The number of aliphatic hydroxyl groups is 2. The highest BCUT2D eigenvalue weighted by Crippen LogP contribution is 2.39. The molecule has 0 amide bonds. The summed E-state index contributed by atoms with van der Waals surface area (Å²) in [5.41, 5.74) is 0.634. The minimum Gasteiger partial charge on any atom is -0.550 e. The summed E-state index contributed by atoms with van der Waals surface area (Å²) in [7, 11) is 0. The second-order valence-electron chi connectivity index (χ2n) is 14.2. The van der Waals surface area contributed by atoms with Gasteiger partial charge in [-0.2, -0.15) is 0 Å². The first-order valence-corrected chi connectivity index (χ1v) is 17.3. The fourth-order valence-electron chi connectivity index (χ4n) is 6.55. The van der Waals surface area contributed by atoms with Crippen molar-refractivity contribution in [2.24, 2.45) is 29.6 Å². The summed E-state index contributed by atoms with van der Waals surface area (Å²) < 4.78 is 6.52. The zero-order chi connectivity index (χ0) is 30.8. The van der Waals surface area contributed by atoms with E-state index in [1.807, 2.05) is 6.92 Å². The fraction of sp³-hybridized carbons (Fsp3) is 0.917. The van der Waals surface area contributed by atoms with E-state index in [4.69, 9.17) is 4.74 Å². The molecule has 41 heavy (non-hydrogen) atoms. The Balaban J connectivity index is 2.36. The molecule has 8 atom stereocenters. The molecular formula is C36H67O5-. The van der Waals surface area contributed by atoms with Gasteiger partial charge in [-0.3, -0.25) is 0 Å². The van der Waals surface area contributed by atoms with Gasteiger partial charge in [0.1, 0.15) is 0 Å². The predicted octanol–water partition coefficient (Wildman–Crippen LogP) is 8.01. The van der Waals surface area contributed by atoms with Gasteiger partial charge in [0.05, 0.1) is 17.8 Å². The number of ether oxygens (including phenoxy) is 1. The van der Waals surface area contributed by atoms with Crippen molar-refractivity contribution in [2.45, 2.75) is 175 Å². The zero-order valence-electron chi connectivity index (χ0n) is 28.0. The number of unbranched alkanes of at least 4 members (excludes halogenated alkanes) is 5. The molecule has 0 aliphatic heterocycles. The maximum absolute atomic E-state index is 10.9. The van der Waals surface area contributed by atoms with Gasteiger partial charge in [0.25, 0.3) is 0 Å². The molecule has 1 fully saturated rings. The molecular weight excluding hydrogens is 512 g/mol. The van der Waals surface area contributed by atoms with Gasteiger partial charge in [0, 0.05) is 12.6 Å². The van der Waals surface area contributed by atoms with Gasteiger partial charge in [-0.05, 0) is 108 Å². The lowest BCUT2D eigenvalue weighted by molar-refractivity contribution is -0.311. The maximum atomic E-state index is 10.9. The topological polar surface area (TPSA) is 89.8 Å². The molecule has 1 rings (SSSR count). The van der Waals surface area contributed by atoms with Crippen molar-refractivity contribution in [3.8, 4) is 0 Å². The summed E-state index contributed by atoms with van der Waals surface area (Å²) in [6.07, 6.45) is 20.2. The molecule has 2 N–H and O–H groups in total. The number of carboxylic acids is 1. The maximum Gasteiger partial charge on any atom is 0.0633 e. The van der Waals surface area contributed by atoms with Gasteiger partial charge in [-0.1, -0.05) is 91.2 Å². The molecule has 0 aromatic carbocycles. The third-order valence-electron chi connectivity index (χ3n) is 10.0. The summed E-state index contributed by atoms with van der Waals surface area (Å²) in [6.45, 7) is 15.7. The van der Waals surface area contributed by atoms with Gasteiger partial charge in [-0.15, -0.1) is 0 Å². The molecule has 8 unspecified atom stereocenters. The van der Waals surface area contributed by atoms with Crippen LogP contribution in [-0.4, -0.2) is 40.6 Å².